The molecule has 2 aromatic heterocycles. The topological polar surface area (TPSA) is 188 Å². The number of anilines is 2. The Bertz CT molecular complexity index is 2120. The number of rotatable bonds is 13. The van der Waals surface area contributed by atoms with E-state index in [2.05, 4.69) is 32.4 Å². The second-order valence-electron chi connectivity index (χ2n) is 11.1. The highest BCUT2D eigenvalue weighted by molar-refractivity contribution is 5.95. The normalized spacial score (nSPS) is 11.1. The quantitative estimate of drug-likeness (QED) is 0.0504. The van der Waals surface area contributed by atoms with Gasteiger partial charge in [-0.2, -0.15) is 0 Å². The van der Waals surface area contributed by atoms with Crippen LogP contribution >= 0.6 is 0 Å². The summed E-state index contributed by atoms with van der Waals surface area (Å²) >= 11 is 0. The van der Waals surface area contributed by atoms with E-state index in [4.69, 9.17) is 19.5 Å². The van der Waals surface area contributed by atoms with E-state index in [9.17, 15) is 19.7 Å². The van der Waals surface area contributed by atoms with Crippen LogP contribution in [0.15, 0.2) is 83.5 Å². The lowest BCUT2D eigenvalue weighted by Crippen LogP contribution is -2.16. The van der Waals surface area contributed by atoms with Gasteiger partial charge in [0.05, 0.1) is 21.6 Å². The van der Waals surface area contributed by atoms with Crippen molar-refractivity contribution < 1.29 is 29.0 Å². The van der Waals surface area contributed by atoms with Crippen molar-refractivity contribution in [2.45, 2.75) is 39.2 Å². The number of unbranched alkanes of at least 4 members (excludes halogenated alkanes) is 1. The molecule has 0 spiro atoms. The molecule has 48 heavy (non-hydrogen) atoms. The van der Waals surface area contributed by atoms with Crippen LogP contribution in [-0.2, 0) is 17.8 Å². The first-order valence-corrected chi connectivity index (χ1v) is 15.3. The van der Waals surface area contributed by atoms with Gasteiger partial charge >= 0.3 is 11.8 Å². The third-order valence-corrected chi connectivity index (χ3v) is 7.81. The van der Waals surface area contributed by atoms with Crippen LogP contribution in [0.2, 0.25) is 0 Å². The molecule has 0 saturated heterocycles. The van der Waals surface area contributed by atoms with Gasteiger partial charge in [0.1, 0.15) is 11.6 Å². The van der Waals surface area contributed by atoms with Crippen molar-refractivity contribution in [2.75, 3.05) is 17.2 Å². The highest BCUT2D eigenvalue weighted by Crippen LogP contribution is 2.31. The number of aryl methyl sites for hydroxylation is 1. The summed E-state index contributed by atoms with van der Waals surface area (Å²) < 4.78 is 11.8. The molecular formula is C34H31N7O7. The van der Waals surface area contributed by atoms with Crippen molar-refractivity contribution in [1.29, 1.82) is 0 Å². The van der Waals surface area contributed by atoms with Crippen LogP contribution in [-0.4, -0.2) is 48.5 Å². The van der Waals surface area contributed by atoms with E-state index in [0.29, 0.717) is 23.5 Å². The third kappa shape index (κ3) is 6.92. The molecule has 0 unspecified atom stereocenters. The molecule has 244 valence electrons. The molecule has 0 saturated carbocycles. The van der Waals surface area contributed by atoms with E-state index < -0.39 is 11.1 Å². The molecule has 6 rings (SSSR count). The Labute approximate surface area is 273 Å². The monoisotopic (exact) mass is 649 g/mol. The van der Waals surface area contributed by atoms with Crippen LogP contribution in [0.1, 0.15) is 37.6 Å². The van der Waals surface area contributed by atoms with Crippen LogP contribution in [0.3, 0.4) is 0 Å². The van der Waals surface area contributed by atoms with Gasteiger partial charge in [-0.3, -0.25) is 14.9 Å². The number of aromatic nitrogens is 4. The molecule has 0 aliphatic heterocycles. The summed E-state index contributed by atoms with van der Waals surface area (Å²) in [7, 11) is 0. The molecule has 0 aliphatic rings. The van der Waals surface area contributed by atoms with E-state index in [0.717, 1.165) is 47.2 Å². The molecule has 2 heterocycles. The van der Waals surface area contributed by atoms with Crippen molar-refractivity contribution in [1.82, 2.24) is 19.9 Å². The Morgan fingerprint density at radius 1 is 1.02 bits per heavy atom. The standard InChI is InChI=1S/C34H31N7O7/c1-2-3-8-30-37-25-14-13-23(36-31(42)17-18-35-26-15-16-27(41(45)46)33-32(26)38-48-39-33)19-28(25)40(30)20-21-9-11-22(12-10-21)24-6-4-5-7-29(24)47-34(43)44/h4-7,9-16,19,35H,2-3,8,17-18,20H2,1H3,(H,36,42)(H,43,44). The number of nitrogens with one attached hydrogen (secondary N) is 2. The fraction of sp³-hybridized carbons (Fsp3) is 0.206. The number of benzene rings is 4. The molecule has 6 aromatic rings. The van der Waals surface area contributed by atoms with Crippen LogP contribution < -0.4 is 15.4 Å². The van der Waals surface area contributed by atoms with Crippen molar-refractivity contribution in [3.8, 4) is 16.9 Å². The lowest BCUT2D eigenvalue weighted by Gasteiger charge is -2.12. The van der Waals surface area contributed by atoms with E-state index in [-0.39, 0.29) is 41.3 Å². The van der Waals surface area contributed by atoms with Crippen LogP contribution in [0.5, 0.6) is 5.75 Å². The maximum absolute atomic E-state index is 12.9. The number of carbonyl (C=O) groups excluding carboxylic acids is 1. The van der Waals surface area contributed by atoms with Gasteiger partial charge in [-0.05, 0) is 58.2 Å². The minimum absolute atomic E-state index is 0.0317. The molecule has 14 nitrogen and oxygen atoms in total. The molecule has 14 heteroatoms. The summed E-state index contributed by atoms with van der Waals surface area (Å²) in [6, 6.07) is 23.3. The lowest BCUT2D eigenvalue weighted by molar-refractivity contribution is -0.383. The highest BCUT2D eigenvalue weighted by Gasteiger charge is 2.20. The maximum Gasteiger partial charge on any atom is 0.511 e. The first kappa shape index (κ1) is 31.7. The average Bonchev–Trinajstić information content (AvgIpc) is 3.69. The van der Waals surface area contributed by atoms with Crippen molar-refractivity contribution in [3.05, 3.63) is 100 Å². The van der Waals surface area contributed by atoms with Gasteiger partial charge in [0.2, 0.25) is 11.4 Å². The number of non-ortho nitro benzene ring substituents is 1. The SMILES string of the molecule is CCCCc1nc2ccc(NC(=O)CCNc3ccc([N+](=O)[O-])c4nonc34)cc2n1Cc1ccc(-c2ccccc2OC(=O)O)cc1. The van der Waals surface area contributed by atoms with Crippen molar-refractivity contribution in [3.63, 3.8) is 0 Å². The fourth-order valence-electron chi connectivity index (χ4n) is 5.49. The molecule has 4 aromatic carbocycles. The number of hydrogen-bond donors (Lipinski definition) is 3. The number of carboxylic acid groups (broad SMARTS) is 1. The molecule has 3 N–H and O–H groups in total. The third-order valence-electron chi connectivity index (χ3n) is 7.81. The summed E-state index contributed by atoms with van der Waals surface area (Å²) in [4.78, 5) is 39.6. The van der Waals surface area contributed by atoms with Gasteiger partial charge in [0, 0.05) is 43.2 Å². The largest absolute Gasteiger partial charge is 0.511 e. The first-order chi connectivity index (χ1) is 23.3. The Morgan fingerprint density at radius 3 is 2.58 bits per heavy atom. The predicted octanol–water partition coefficient (Wildman–Crippen LogP) is 7.04. The van der Waals surface area contributed by atoms with Crippen LogP contribution in [0.25, 0.3) is 33.2 Å². The average molecular weight is 650 g/mol. The number of carbonyl (C=O) groups is 2. The summed E-state index contributed by atoms with van der Waals surface area (Å²) in [5, 5.41) is 33.8. The zero-order valence-corrected chi connectivity index (χ0v) is 25.9. The lowest BCUT2D eigenvalue weighted by atomic mass is 10.0. The Balaban J connectivity index is 1.17. The van der Waals surface area contributed by atoms with E-state index in [1.165, 1.54) is 12.1 Å². The number of nitro benzene ring substituents is 1. The fourth-order valence-corrected chi connectivity index (χ4v) is 5.49. The Hall–Kier alpha value is -6.31. The number of ether oxygens (including phenoxy) is 1. The summed E-state index contributed by atoms with van der Waals surface area (Å²) in [5.74, 6) is 0.986. The van der Waals surface area contributed by atoms with Gasteiger partial charge in [0.15, 0.2) is 5.52 Å². The van der Waals surface area contributed by atoms with Gasteiger partial charge < -0.3 is 25.0 Å². The van der Waals surface area contributed by atoms with Gasteiger partial charge in [-0.25, -0.2) is 14.4 Å². The number of hydrogen-bond acceptors (Lipinski definition) is 10. The minimum atomic E-state index is -1.37. The van der Waals surface area contributed by atoms with Gasteiger partial charge in [0.25, 0.3) is 0 Å². The van der Waals surface area contributed by atoms with Gasteiger partial charge in [-0.15, -0.1) is 0 Å². The first-order valence-electron chi connectivity index (χ1n) is 15.3. The number of fused-ring (bicyclic) bond motifs is 2. The van der Waals surface area contributed by atoms with Crippen molar-refractivity contribution in [2.24, 2.45) is 0 Å². The zero-order chi connectivity index (χ0) is 33.6. The molecular weight excluding hydrogens is 618 g/mol. The molecule has 0 bridgehead atoms. The molecule has 0 aliphatic carbocycles. The smallest absolute Gasteiger partial charge is 0.449 e. The number of nitrogens with zero attached hydrogens (tertiary/aromatic N) is 5. The number of imidazole rings is 1. The summed E-state index contributed by atoms with van der Waals surface area (Å²) in [6.07, 6.45) is 1.55. The number of amides is 1. The maximum atomic E-state index is 12.9. The predicted molar refractivity (Wildman–Crippen MR) is 178 cm³/mol. The summed E-state index contributed by atoms with van der Waals surface area (Å²) in [6.45, 7) is 2.92. The van der Waals surface area contributed by atoms with E-state index in [1.807, 2.05) is 54.6 Å². The molecule has 0 atom stereocenters. The Morgan fingerprint density at radius 2 is 1.81 bits per heavy atom. The van der Waals surface area contributed by atoms with E-state index >= 15 is 0 Å². The second kappa shape index (κ2) is 14.0. The van der Waals surface area contributed by atoms with E-state index in [1.54, 1.807) is 12.1 Å². The molecule has 0 radical (unpaired) electrons. The number of nitro groups is 1. The zero-order valence-electron chi connectivity index (χ0n) is 25.9. The summed E-state index contributed by atoms with van der Waals surface area (Å²) in [5.41, 5.74) is 5.36. The second-order valence-corrected chi connectivity index (χ2v) is 11.1. The van der Waals surface area contributed by atoms with Crippen LogP contribution in [0.4, 0.5) is 21.9 Å². The van der Waals surface area contributed by atoms with Crippen LogP contribution in [0, 0.1) is 10.1 Å². The Kier molecular flexibility index (Phi) is 9.23. The molecule has 0 fully saturated rings. The highest BCUT2D eigenvalue weighted by atomic mass is 16.7. The minimum Gasteiger partial charge on any atom is -0.449 e. The van der Waals surface area contributed by atoms with Gasteiger partial charge in [-0.1, -0.05) is 55.8 Å². The van der Waals surface area contributed by atoms with Crippen molar-refractivity contribution >= 4 is 51.2 Å². The molecule has 1 amide bonds. The number of para-hydroxylation sites is 1.